The van der Waals surface area contributed by atoms with Crippen LogP contribution in [0, 0.1) is 12.7 Å². The number of nitrogens with one attached hydrogen (secondary N) is 1. The topological polar surface area (TPSA) is 88.1 Å². The van der Waals surface area contributed by atoms with Crippen molar-refractivity contribution in [1.29, 1.82) is 0 Å². The summed E-state index contributed by atoms with van der Waals surface area (Å²) in [5, 5.41) is 12.4. The molecule has 2 aromatic carbocycles. The van der Waals surface area contributed by atoms with Gasteiger partial charge in [-0.2, -0.15) is 0 Å². The molecule has 200 valence electrons. The first-order valence-corrected chi connectivity index (χ1v) is 13.3. The number of anilines is 1. The molecule has 2 N–H and O–H groups in total. The van der Waals surface area contributed by atoms with Gasteiger partial charge in [0.05, 0.1) is 31.0 Å². The van der Waals surface area contributed by atoms with Gasteiger partial charge in [0.15, 0.2) is 0 Å². The Balaban J connectivity index is 1.28. The molecule has 37 heavy (non-hydrogen) atoms. The molecule has 4 rings (SSSR count). The molecule has 0 spiro atoms. The number of nitrogens with zero attached hydrogens (tertiary/aromatic N) is 1. The first-order chi connectivity index (χ1) is 17.9. The molecule has 0 bridgehead atoms. The normalized spacial score (nSPS) is 20.1. The van der Waals surface area contributed by atoms with Crippen molar-refractivity contribution in [1.82, 2.24) is 4.90 Å². The zero-order chi connectivity index (χ0) is 26.2. The minimum atomic E-state index is -0.935. The van der Waals surface area contributed by atoms with Crippen LogP contribution in [-0.4, -0.2) is 53.4 Å². The molecule has 0 aliphatic heterocycles. The van der Waals surface area contributed by atoms with Crippen molar-refractivity contribution in [3.05, 3.63) is 65.0 Å². The molecule has 2 saturated carbocycles. The highest BCUT2D eigenvalue weighted by Gasteiger charge is 2.28. The van der Waals surface area contributed by atoms with E-state index in [9.17, 15) is 19.1 Å². The van der Waals surface area contributed by atoms with Gasteiger partial charge in [-0.15, -0.1) is 0 Å². The second-order valence-electron chi connectivity index (χ2n) is 10.1. The van der Waals surface area contributed by atoms with Gasteiger partial charge in [0.2, 0.25) is 0 Å². The number of aryl methyl sites for hydroxylation is 1. The van der Waals surface area contributed by atoms with E-state index in [0.717, 1.165) is 56.9 Å². The van der Waals surface area contributed by atoms with Gasteiger partial charge in [-0.25, -0.2) is 14.0 Å². The number of hydrogen-bond acceptors (Lipinski definition) is 4. The van der Waals surface area contributed by atoms with Gasteiger partial charge in [-0.05, 0) is 74.8 Å². The SMILES string of the molecule is Cc1cccc(COC2CCCC(OCCN(C(=O)Nc3cccc(F)c3)C3CCCC3)C2)c1C(=O)O. The highest BCUT2D eigenvalue weighted by atomic mass is 19.1. The van der Waals surface area contributed by atoms with Gasteiger partial charge in [0.25, 0.3) is 0 Å². The summed E-state index contributed by atoms with van der Waals surface area (Å²) >= 11 is 0. The number of hydrogen-bond donors (Lipinski definition) is 2. The predicted octanol–water partition coefficient (Wildman–Crippen LogP) is 6.15. The van der Waals surface area contributed by atoms with E-state index >= 15 is 0 Å². The van der Waals surface area contributed by atoms with Crippen molar-refractivity contribution in [2.24, 2.45) is 0 Å². The minimum absolute atomic E-state index is 0.00289. The monoisotopic (exact) mass is 512 g/mol. The maximum absolute atomic E-state index is 13.6. The number of ether oxygens (including phenoxy) is 2. The number of carbonyl (C=O) groups excluding carboxylic acids is 1. The Bertz CT molecular complexity index is 1070. The first-order valence-electron chi connectivity index (χ1n) is 13.3. The number of carboxylic acid groups (broad SMARTS) is 1. The van der Waals surface area contributed by atoms with Crippen molar-refractivity contribution >= 4 is 17.7 Å². The fourth-order valence-electron chi connectivity index (χ4n) is 5.51. The molecule has 0 aromatic heterocycles. The second kappa shape index (κ2) is 13.0. The molecule has 0 saturated heterocycles. The molecular formula is C29H37FN2O5. The zero-order valence-electron chi connectivity index (χ0n) is 21.5. The van der Waals surface area contributed by atoms with Crippen molar-refractivity contribution in [3.63, 3.8) is 0 Å². The Morgan fingerprint density at radius 3 is 2.49 bits per heavy atom. The lowest BCUT2D eigenvalue weighted by Crippen LogP contribution is -2.44. The molecular weight excluding hydrogens is 475 g/mol. The summed E-state index contributed by atoms with van der Waals surface area (Å²) in [6.45, 7) is 2.95. The third kappa shape index (κ3) is 7.52. The van der Waals surface area contributed by atoms with Gasteiger partial charge in [-0.1, -0.05) is 37.1 Å². The highest BCUT2D eigenvalue weighted by Crippen LogP contribution is 2.27. The lowest BCUT2D eigenvalue weighted by Gasteiger charge is -2.32. The number of benzene rings is 2. The molecule has 2 aliphatic rings. The van der Waals surface area contributed by atoms with Gasteiger partial charge in [0, 0.05) is 18.3 Å². The molecule has 2 atom stereocenters. The number of amides is 2. The fraction of sp³-hybridized carbons (Fsp3) is 0.517. The highest BCUT2D eigenvalue weighted by molar-refractivity contribution is 5.91. The average molecular weight is 513 g/mol. The van der Waals surface area contributed by atoms with Gasteiger partial charge >= 0.3 is 12.0 Å². The van der Waals surface area contributed by atoms with E-state index in [1.54, 1.807) is 31.2 Å². The molecule has 2 unspecified atom stereocenters. The summed E-state index contributed by atoms with van der Waals surface area (Å²) in [4.78, 5) is 26.5. The van der Waals surface area contributed by atoms with E-state index in [0.29, 0.717) is 30.0 Å². The Kier molecular flexibility index (Phi) is 9.52. The van der Waals surface area contributed by atoms with Crippen LogP contribution in [0.2, 0.25) is 0 Å². The molecule has 2 fully saturated rings. The molecule has 0 heterocycles. The number of urea groups is 1. The van der Waals surface area contributed by atoms with Crippen LogP contribution in [-0.2, 0) is 16.1 Å². The predicted molar refractivity (Wildman–Crippen MR) is 139 cm³/mol. The van der Waals surface area contributed by atoms with E-state index in [1.807, 2.05) is 11.0 Å². The summed E-state index contributed by atoms with van der Waals surface area (Å²) in [5.74, 6) is -1.32. The molecule has 7 nitrogen and oxygen atoms in total. The first kappa shape index (κ1) is 27.1. The van der Waals surface area contributed by atoms with Crippen LogP contribution in [0.5, 0.6) is 0 Å². The van der Waals surface area contributed by atoms with Crippen LogP contribution in [0.1, 0.15) is 72.9 Å². The van der Waals surface area contributed by atoms with Crippen LogP contribution in [0.3, 0.4) is 0 Å². The number of carbonyl (C=O) groups is 2. The Labute approximate surface area is 218 Å². The summed E-state index contributed by atoms with van der Waals surface area (Å²) in [5.41, 5.74) is 2.18. The van der Waals surface area contributed by atoms with Crippen LogP contribution in [0.4, 0.5) is 14.9 Å². The van der Waals surface area contributed by atoms with Gasteiger partial charge < -0.3 is 24.8 Å². The van der Waals surface area contributed by atoms with E-state index in [1.165, 1.54) is 12.1 Å². The summed E-state index contributed by atoms with van der Waals surface area (Å²) in [6.07, 6.45) is 7.73. The van der Waals surface area contributed by atoms with E-state index in [4.69, 9.17) is 9.47 Å². The van der Waals surface area contributed by atoms with Gasteiger partial charge in [-0.3, -0.25) is 0 Å². The maximum Gasteiger partial charge on any atom is 0.336 e. The third-order valence-electron chi connectivity index (χ3n) is 7.41. The molecule has 2 aliphatic carbocycles. The zero-order valence-corrected chi connectivity index (χ0v) is 21.5. The van der Waals surface area contributed by atoms with E-state index in [-0.39, 0.29) is 36.7 Å². The summed E-state index contributed by atoms with van der Waals surface area (Å²) in [7, 11) is 0. The van der Waals surface area contributed by atoms with Crippen molar-refractivity contribution in [3.8, 4) is 0 Å². The van der Waals surface area contributed by atoms with Crippen molar-refractivity contribution in [2.75, 3.05) is 18.5 Å². The van der Waals surface area contributed by atoms with E-state index in [2.05, 4.69) is 5.32 Å². The molecule has 0 radical (unpaired) electrons. The molecule has 8 heteroatoms. The molecule has 2 aromatic rings. The number of carboxylic acids is 1. The van der Waals surface area contributed by atoms with Crippen molar-refractivity contribution < 1.29 is 28.6 Å². The van der Waals surface area contributed by atoms with Crippen LogP contribution in [0.25, 0.3) is 0 Å². The van der Waals surface area contributed by atoms with Gasteiger partial charge in [0.1, 0.15) is 5.82 Å². The molecule has 2 amide bonds. The number of halogens is 1. The number of aromatic carboxylic acids is 1. The average Bonchev–Trinajstić information content (AvgIpc) is 3.40. The lowest BCUT2D eigenvalue weighted by molar-refractivity contribution is -0.0531. The van der Waals surface area contributed by atoms with Crippen molar-refractivity contribution in [2.45, 2.75) is 83.1 Å². The largest absolute Gasteiger partial charge is 0.478 e. The quantitative estimate of drug-likeness (QED) is 0.398. The van der Waals surface area contributed by atoms with Crippen LogP contribution in [0.15, 0.2) is 42.5 Å². The van der Waals surface area contributed by atoms with Crippen LogP contribution < -0.4 is 5.32 Å². The second-order valence-corrected chi connectivity index (χ2v) is 10.1. The Morgan fingerprint density at radius 2 is 1.76 bits per heavy atom. The lowest BCUT2D eigenvalue weighted by atomic mass is 9.94. The van der Waals surface area contributed by atoms with E-state index < -0.39 is 5.97 Å². The standard InChI is InChI=1S/C29H37FN2O5/c1-20-7-4-8-21(27(20)28(33)34)19-37-26-14-6-13-25(18-26)36-16-15-32(24-11-2-3-12-24)29(35)31-23-10-5-9-22(30)17-23/h4-5,7-10,17,24-26H,2-3,6,11-16,18-19H2,1H3,(H,31,35)(H,33,34). The Hall–Kier alpha value is -2.97. The fourth-order valence-corrected chi connectivity index (χ4v) is 5.51. The third-order valence-corrected chi connectivity index (χ3v) is 7.41. The number of rotatable bonds is 10. The maximum atomic E-state index is 13.6. The summed E-state index contributed by atoms with van der Waals surface area (Å²) in [6, 6.07) is 11.3. The summed E-state index contributed by atoms with van der Waals surface area (Å²) < 4.78 is 25.9. The minimum Gasteiger partial charge on any atom is -0.478 e. The smallest absolute Gasteiger partial charge is 0.336 e. The van der Waals surface area contributed by atoms with Crippen LogP contribution >= 0.6 is 0 Å². The Morgan fingerprint density at radius 1 is 1.03 bits per heavy atom.